The van der Waals surface area contributed by atoms with E-state index in [9.17, 15) is 18.3 Å². The van der Waals surface area contributed by atoms with Crippen LogP contribution in [0.15, 0.2) is 65.8 Å². The van der Waals surface area contributed by atoms with Crippen LogP contribution in [0.2, 0.25) is 0 Å². The monoisotopic (exact) mass is 696 g/mol. The fraction of sp³-hybridized carbons (Fsp3) is 0.382. The molecule has 2 heterocycles. The molecule has 4 aromatic rings. The zero-order chi connectivity index (χ0) is 33.8. The Morgan fingerprint density at radius 2 is 1.69 bits per heavy atom. The number of hydrogen-bond acceptors (Lipinski definition) is 10. The molecule has 0 unspecified atom stereocenters. The standard InChI is InChI=1S/C34H40N6O6S.ClH/c1-21(2)46-26-17-36-29(37-18-26)19-35-25(16-34(5)12-13-34)20-45-30-15-28(31-22(3)8-6-9-23(31)4)38-33(39-30)40-47(43,44)27-11-7-10-24(14-27)32(41)42;/h6-11,14-15,17-18,21,25,35H,12-13,16,19-20H2,1-5H3,(H,41,42)(H,38,39,40);1H/t25-;/m1./s1. The van der Waals surface area contributed by atoms with E-state index in [1.807, 2.05) is 45.9 Å². The number of aryl methyl sites for hydroxylation is 2. The average molecular weight is 697 g/mol. The molecule has 3 N–H and O–H groups in total. The molecule has 0 aliphatic heterocycles. The number of carboxylic acid groups (broad SMARTS) is 1. The van der Waals surface area contributed by atoms with Crippen molar-refractivity contribution in [2.75, 3.05) is 11.3 Å². The molecule has 0 spiro atoms. The van der Waals surface area contributed by atoms with Crippen molar-refractivity contribution < 1.29 is 27.8 Å². The maximum atomic E-state index is 13.3. The van der Waals surface area contributed by atoms with E-state index < -0.39 is 16.0 Å². The van der Waals surface area contributed by atoms with Crippen molar-refractivity contribution in [2.45, 2.75) is 77.5 Å². The maximum Gasteiger partial charge on any atom is 0.335 e. The molecule has 1 fully saturated rings. The van der Waals surface area contributed by atoms with Crippen LogP contribution in [-0.2, 0) is 16.6 Å². The molecule has 12 nitrogen and oxygen atoms in total. The lowest BCUT2D eigenvalue weighted by Gasteiger charge is -2.22. The Morgan fingerprint density at radius 3 is 2.31 bits per heavy atom. The number of ether oxygens (including phenoxy) is 2. The third-order valence-electron chi connectivity index (χ3n) is 7.93. The highest BCUT2D eigenvalue weighted by atomic mass is 35.5. The number of carbonyl (C=O) groups is 1. The summed E-state index contributed by atoms with van der Waals surface area (Å²) in [6, 6.07) is 12.5. The van der Waals surface area contributed by atoms with E-state index in [1.165, 1.54) is 18.2 Å². The molecule has 1 aliphatic carbocycles. The Labute approximate surface area is 287 Å². The number of rotatable bonds is 15. The van der Waals surface area contributed by atoms with E-state index in [2.05, 4.69) is 36.9 Å². The highest BCUT2D eigenvalue weighted by molar-refractivity contribution is 7.92. The number of aromatic carboxylic acids is 1. The molecule has 48 heavy (non-hydrogen) atoms. The van der Waals surface area contributed by atoms with Gasteiger partial charge in [0.05, 0.1) is 41.2 Å². The summed E-state index contributed by atoms with van der Waals surface area (Å²) < 4.78 is 41.0. The third-order valence-corrected chi connectivity index (χ3v) is 9.26. The van der Waals surface area contributed by atoms with Gasteiger partial charge in [-0.25, -0.2) is 32.9 Å². The van der Waals surface area contributed by atoms with E-state index in [-0.39, 0.29) is 58.9 Å². The molecule has 0 amide bonds. The molecular formula is C34H41ClN6O6S. The van der Waals surface area contributed by atoms with Crippen LogP contribution in [0.4, 0.5) is 5.95 Å². The molecule has 5 rings (SSSR count). The van der Waals surface area contributed by atoms with Crippen molar-refractivity contribution in [1.29, 1.82) is 0 Å². The minimum Gasteiger partial charge on any atom is -0.488 e. The first-order chi connectivity index (χ1) is 22.3. The van der Waals surface area contributed by atoms with E-state index in [0.717, 1.165) is 42.0 Å². The number of nitrogens with zero attached hydrogens (tertiary/aromatic N) is 4. The summed E-state index contributed by atoms with van der Waals surface area (Å²) in [5.74, 6) is -0.0166. The van der Waals surface area contributed by atoms with Crippen molar-refractivity contribution >= 4 is 34.3 Å². The zero-order valence-corrected chi connectivity index (χ0v) is 29.2. The molecule has 14 heteroatoms. The van der Waals surface area contributed by atoms with Gasteiger partial charge in [0.25, 0.3) is 10.0 Å². The van der Waals surface area contributed by atoms with Crippen molar-refractivity contribution in [1.82, 2.24) is 25.3 Å². The summed E-state index contributed by atoms with van der Waals surface area (Å²) >= 11 is 0. The quantitative estimate of drug-likeness (QED) is 0.134. The SMILES string of the molecule is Cc1cccc(C)c1-c1cc(OC[C@@H](CC2(C)CC2)NCc2ncc(OC(C)C)cn2)nc(NS(=O)(=O)c2cccc(C(=O)O)c2)n1.Cl. The first-order valence-corrected chi connectivity index (χ1v) is 16.9. The normalized spacial score (nSPS) is 14.1. The largest absolute Gasteiger partial charge is 0.488 e. The Hall–Kier alpha value is -4.33. The minimum atomic E-state index is -4.23. The van der Waals surface area contributed by atoms with Crippen LogP contribution in [-0.4, -0.2) is 58.2 Å². The van der Waals surface area contributed by atoms with Gasteiger partial charge in [-0.3, -0.25) is 0 Å². The smallest absolute Gasteiger partial charge is 0.335 e. The lowest BCUT2D eigenvalue weighted by atomic mass is 9.99. The molecule has 2 aromatic heterocycles. The topological polar surface area (TPSA) is 166 Å². The van der Waals surface area contributed by atoms with Gasteiger partial charge in [0.1, 0.15) is 12.4 Å². The second kappa shape index (κ2) is 15.3. The predicted molar refractivity (Wildman–Crippen MR) is 184 cm³/mol. The number of halogens is 1. The summed E-state index contributed by atoms with van der Waals surface area (Å²) in [5, 5.41) is 12.9. The van der Waals surface area contributed by atoms with Crippen molar-refractivity contribution in [3.05, 3.63) is 83.4 Å². The number of carboxylic acids is 1. The second-order valence-corrected chi connectivity index (χ2v) is 14.2. The predicted octanol–water partition coefficient (Wildman–Crippen LogP) is 5.99. The van der Waals surface area contributed by atoms with E-state index in [1.54, 1.807) is 18.5 Å². The lowest BCUT2D eigenvalue weighted by molar-refractivity contribution is 0.0696. The lowest BCUT2D eigenvalue weighted by Crippen LogP contribution is -2.36. The van der Waals surface area contributed by atoms with E-state index in [0.29, 0.717) is 23.8 Å². The molecule has 256 valence electrons. The van der Waals surface area contributed by atoms with Crippen LogP contribution < -0.4 is 19.5 Å². The number of hydrogen-bond donors (Lipinski definition) is 3. The van der Waals surface area contributed by atoms with Crippen molar-refractivity contribution in [2.24, 2.45) is 5.41 Å². The Kier molecular flexibility index (Phi) is 11.6. The van der Waals surface area contributed by atoms with Gasteiger partial charge in [0.15, 0.2) is 5.75 Å². The fourth-order valence-electron chi connectivity index (χ4n) is 5.26. The van der Waals surface area contributed by atoms with Gasteiger partial charge in [-0.1, -0.05) is 31.2 Å². The van der Waals surface area contributed by atoms with Crippen LogP contribution >= 0.6 is 12.4 Å². The van der Waals surface area contributed by atoms with Gasteiger partial charge in [-0.2, -0.15) is 4.98 Å². The summed E-state index contributed by atoms with van der Waals surface area (Å²) in [6.45, 7) is 10.7. The Bertz CT molecular complexity index is 1830. The Morgan fingerprint density at radius 1 is 1.02 bits per heavy atom. The molecule has 2 aromatic carbocycles. The first kappa shape index (κ1) is 36.5. The van der Waals surface area contributed by atoms with Crippen LogP contribution in [0.5, 0.6) is 11.6 Å². The highest BCUT2D eigenvalue weighted by Gasteiger charge is 2.39. The summed E-state index contributed by atoms with van der Waals surface area (Å²) in [5.41, 5.74) is 3.26. The summed E-state index contributed by atoms with van der Waals surface area (Å²) in [6.07, 6.45) is 6.46. The van der Waals surface area contributed by atoms with Gasteiger partial charge in [0, 0.05) is 17.7 Å². The maximum absolute atomic E-state index is 13.3. The van der Waals surface area contributed by atoms with Gasteiger partial charge in [-0.05, 0) is 81.7 Å². The number of nitrogens with one attached hydrogen (secondary N) is 2. The molecule has 0 radical (unpaired) electrons. The Balaban J connectivity index is 0.00000520. The number of anilines is 1. The number of sulfonamides is 1. The number of benzene rings is 2. The first-order valence-electron chi connectivity index (χ1n) is 15.5. The van der Waals surface area contributed by atoms with Gasteiger partial charge < -0.3 is 19.9 Å². The van der Waals surface area contributed by atoms with Gasteiger partial charge in [0.2, 0.25) is 11.8 Å². The second-order valence-electron chi connectivity index (χ2n) is 12.5. The molecule has 1 aliphatic rings. The zero-order valence-electron chi connectivity index (χ0n) is 27.6. The molecule has 0 saturated heterocycles. The highest BCUT2D eigenvalue weighted by Crippen LogP contribution is 2.49. The van der Waals surface area contributed by atoms with E-state index >= 15 is 0 Å². The molecule has 1 atom stereocenters. The van der Waals surface area contributed by atoms with Crippen LogP contribution in [0.3, 0.4) is 0 Å². The molecular weight excluding hydrogens is 656 g/mol. The van der Waals surface area contributed by atoms with Crippen molar-refractivity contribution in [3.8, 4) is 22.9 Å². The number of aromatic nitrogens is 4. The third kappa shape index (κ3) is 9.61. The molecule has 0 bridgehead atoms. The summed E-state index contributed by atoms with van der Waals surface area (Å²) in [4.78, 5) is 29.1. The van der Waals surface area contributed by atoms with E-state index in [4.69, 9.17) is 9.47 Å². The van der Waals surface area contributed by atoms with Gasteiger partial charge >= 0.3 is 5.97 Å². The van der Waals surface area contributed by atoms with Crippen molar-refractivity contribution in [3.63, 3.8) is 0 Å². The summed E-state index contributed by atoms with van der Waals surface area (Å²) in [7, 11) is -4.23. The van der Waals surface area contributed by atoms with Crippen LogP contribution in [0.25, 0.3) is 11.3 Å². The fourth-order valence-corrected chi connectivity index (χ4v) is 6.25. The van der Waals surface area contributed by atoms with Gasteiger partial charge in [-0.15, -0.1) is 12.4 Å². The van der Waals surface area contributed by atoms with Crippen LogP contribution in [0, 0.1) is 19.3 Å². The average Bonchev–Trinajstić information content (AvgIpc) is 3.75. The van der Waals surface area contributed by atoms with Crippen LogP contribution in [0.1, 0.15) is 67.3 Å². The molecule has 1 saturated carbocycles. The minimum absolute atomic E-state index is 0.